The summed E-state index contributed by atoms with van der Waals surface area (Å²) in [5.41, 5.74) is 2.72. The minimum atomic E-state index is -4.16. The van der Waals surface area contributed by atoms with Gasteiger partial charge in [-0.3, -0.25) is 0 Å². The molecule has 226 valence electrons. The average Bonchev–Trinajstić information content (AvgIpc) is 2.93. The van der Waals surface area contributed by atoms with Crippen LogP contribution in [0.5, 0.6) is 0 Å². The number of rotatable bonds is 9. The number of piperidine rings is 1. The van der Waals surface area contributed by atoms with Crippen molar-refractivity contribution in [3.05, 3.63) is 84.1 Å². The first-order valence-corrected chi connectivity index (χ1v) is 19.1. The molecule has 1 fully saturated rings. The standard InChI is InChI=1S/C32H37F3N2O3S.W/c1-30(2,3)40-29(38)31(18-20-37(21-19-31)23-25-8-5-4-6-9-25)41(39)27-14-12-26(13-15-27)28-16-11-24(22-36-28)10-7-17-32(33,34)35;/h4-6,8-9,11-16,22H,7,10,17-21,23H2,1-3H3;. The van der Waals surface area contributed by atoms with E-state index in [1.807, 2.05) is 63.2 Å². The van der Waals surface area contributed by atoms with Gasteiger partial charge in [-0.25, -0.2) is 0 Å². The van der Waals surface area contributed by atoms with Crippen molar-refractivity contribution in [1.82, 2.24) is 9.88 Å². The third kappa shape index (κ3) is 8.17. The molecule has 42 heavy (non-hydrogen) atoms. The van der Waals surface area contributed by atoms with Gasteiger partial charge in [-0.05, 0) is 0 Å². The van der Waals surface area contributed by atoms with E-state index in [0.29, 0.717) is 42.9 Å². The number of aryl methyl sites for hydroxylation is 1. The molecule has 0 amide bonds. The van der Waals surface area contributed by atoms with Crippen LogP contribution in [0.2, 0.25) is 0 Å². The topological polar surface area (TPSA) is 59.5 Å². The number of hydrogen-bond acceptors (Lipinski definition) is 5. The summed E-state index contributed by atoms with van der Waals surface area (Å²) in [4.78, 5) is 21.1. The molecule has 1 aromatic heterocycles. The van der Waals surface area contributed by atoms with Gasteiger partial charge in [-0.1, -0.05) is 0 Å². The van der Waals surface area contributed by atoms with Gasteiger partial charge in [-0.15, -0.1) is 0 Å². The van der Waals surface area contributed by atoms with Gasteiger partial charge in [-0.2, -0.15) is 13.2 Å². The van der Waals surface area contributed by atoms with E-state index in [1.165, 1.54) is 5.56 Å². The molecule has 0 bridgehead atoms. The zero-order chi connectivity index (χ0) is 30.6. The SMILES string of the molecule is CC(C)(C)OC(=O)C1([S](=O)(=[W])c2ccc(-c3ccc(CCCC(F)(F)F)cn3)cc2)CCN(Cc2ccccc2)CC1. The van der Waals surface area contributed by atoms with Crippen LogP contribution in [-0.4, -0.2) is 49.7 Å². The van der Waals surface area contributed by atoms with Crippen LogP contribution in [0.3, 0.4) is 0 Å². The number of benzene rings is 2. The van der Waals surface area contributed by atoms with E-state index in [2.05, 4.69) is 22.0 Å². The molecule has 0 N–H and O–H groups in total. The Morgan fingerprint density at radius 1 is 0.976 bits per heavy atom. The molecule has 0 saturated carbocycles. The number of hydrogen-bond donors (Lipinski definition) is 0. The Balaban J connectivity index is 1.53. The van der Waals surface area contributed by atoms with E-state index < -0.39 is 36.0 Å². The number of aromatic nitrogens is 1. The number of carbonyl (C=O) groups is 1. The van der Waals surface area contributed by atoms with Crippen molar-refractivity contribution in [2.75, 3.05) is 13.1 Å². The van der Waals surface area contributed by atoms with Crippen molar-refractivity contribution in [1.29, 1.82) is 0 Å². The fourth-order valence-electron chi connectivity index (χ4n) is 5.13. The fraction of sp³-hybridized carbons (Fsp3) is 0.438. The second kappa shape index (κ2) is 13.1. The summed E-state index contributed by atoms with van der Waals surface area (Å²) in [6.45, 7) is 7.53. The van der Waals surface area contributed by atoms with Crippen molar-refractivity contribution in [3.8, 4) is 11.3 Å². The molecule has 3 aromatic rings. The van der Waals surface area contributed by atoms with E-state index in [9.17, 15) is 22.2 Å². The van der Waals surface area contributed by atoms with Gasteiger partial charge in [0, 0.05) is 0 Å². The summed E-state index contributed by atoms with van der Waals surface area (Å²) >= 11 is 0.842. The van der Waals surface area contributed by atoms with Gasteiger partial charge in [0.1, 0.15) is 0 Å². The van der Waals surface area contributed by atoms with Crippen molar-refractivity contribution in [3.63, 3.8) is 0 Å². The Kier molecular flexibility index (Phi) is 10.2. The number of halogens is 3. The Bertz CT molecular complexity index is 1450. The quantitative estimate of drug-likeness (QED) is 0.217. The van der Waals surface area contributed by atoms with Crippen LogP contribution in [0.15, 0.2) is 77.8 Å². The van der Waals surface area contributed by atoms with Gasteiger partial charge < -0.3 is 0 Å². The van der Waals surface area contributed by atoms with Gasteiger partial charge in [0.2, 0.25) is 0 Å². The summed E-state index contributed by atoms with van der Waals surface area (Å²) in [5, 5.41) is 0. The molecule has 1 atom stereocenters. The molecule has 1 saturated heterocycles. The molecule has 2 heterocycles. The van der Waals surface area contributed by atoms with Crippen molar-refractivity contribution in [2.24, 2.45) is 0 Å². The van der Waals surface area contributed by atoms with Crippen LogP contribution in [0.4, 0.5) is 13.2 Å². The van der Waals surface area contributed by atoms with Crippen molar-refractivity contribution in [2.45, 2.75) is 80.8 Å². The van der Waals surface area contributed by atoms with E-state index in [0.717, 1.165) is 35.7 Å². The monoisotopic (exact) mass is 770 g/mol. The molecule has 0 radical (unpaired) electrons. The molecular weight excluding hydrogens is 733 g/mol. The molecule has 1 aliphatic heterocycles. The second-order valence-electron chi connectivity index (χ2n) is 11.8. The van der Waals surface area contributed by atoms with Crippen LogP contribution in [0.1, 0.15) is 57.6 Å². The third-order valence-electron chi connectivity index (χ3n) is 7.41. The predicted octanol–water partition coefficient (Wildman–Crippen LogP) is 7.12. The maximum absolute atomic E-state index is 14.7. The minimum absolute atomic E-state index is 0.0236. The van der Waals surface area contributed by atoms with Crippen LogP contribution >= 0.6 is 0 Å². The molecular formula is C32H37F3N2O3SW. The Morgan fingerprint density at radius 3 is 2.17 bits per heavy atom. The maximum atomic E-state index is 14.7. The van der Waals surface area contributed by atoms with Crippen LogP contribution in [0.25, 0.3) is 11.3 Å². The Morgan fingerprint density at radius 2 is 1.62 bits per heavy atom. The first-order valence-electron chi connectivity index (χ1n) is 14.1. The zero-order valence-electron chi connectivity index (χ0n) is 24.2. The molecule has 0 spiro atoms. The normalized spacial score (nSPS) is 17.4. The summed E-state index contributed by atoms with van der Waals surface area (Å²) in [6.07, 6.45) is -2.15. The number of nitrogens with zero attached hydrogens (tertiary/aromatic N) is 2. The number of likely N-dealkylation sites (tertiary alicyclic amines) is 1. The summed E-state index contributed by atoms with van der Waals surface area (Å²) in [6, 6.07) is 21.1. The Labute approximate surface area is 256 Å². The molecule has 1 aliphatic rings. The number of alkyl halides is 3. The molecule has 4 rings (SSSR count). The average molecular weight is 771 g/mol. The van der Waals surface area contributed by atoms with Crippen molar-refractivity contribution < 1.29 is 44.9 Å². The molecule has 10 heteroatoms. The third-order valence-corrected chi connectivity index (χ3v) is 15.4. The van der Waals surface area contributed by atoms with E-state index >= 15 is 0 Å². The first kappa shape index (κ1) is 32.6. The number of pyridine rings is 1. The predicted molar refractivity (Wildman–Crippen MR) is 155 cm³/mol. The number of carbonyl (C=O) groups excluding carboxylic acids is 1. The second-order valence-corrected chi connectivity index (χ2v) is 19.1. The summed E-state index contributed by atoms with van der Waals surface area (Å²) < 4.78 is 56.9. The summed E-state index contributed by atoms with van der Waals surface area (Å²) in [7, 11) is -2.80. The van der Waals surface area contributed by atoms with Gasteiger partial charge in [0.25, 0.3) is 0 Å². The van der Waals surface area contributed by atoms with Gasteiger partial charge >= 0.3 is 244 Å². The number of esters is 1. The van der Waals surface area contributed by atoms with Crippen LogP contribution in [-0.2, 0) is 47.6 Å². The van der Waals surface area contributed by atoms with E-state index in [4.69, 9.17) is 4.74 Å². The molecule has 5 nitrogen and oxygen atoms in total. The van der Waals surface area contributed by atoms with Crippen LogP contribution < -0.4 is 0 Å². The van der Waals surface area contributed by atoms with Crippen LogP contribution in [0, 0.1) is 0 Å². The van der Waals surface area contributed by atoms with E-state index in [1.54, 1.807) is 18.3 Å². The fourth-order valence-corrected chi connectivity index (χ4v) is 10.8. The van der Waals surface area contributed by atoms with Gasteiger partial charge in [0.05, 0.1) is 0 Å². The van der Waals surface area contributed by atoms with Gasteiger partial charge in [0.15, 0.2) is 0 Å². The molecule has 0 aliphatic carbocycles. The van der Waals surface area contributed by atoms with E-state index in [-0.39, 0.29) is 6.42 Å². The molecule has 1 unspecified atom stereocenters. The number of ether oxygens (including phenoxy) is 1. The van der Waals surface area contributed by atoms with Crippen molar-refractivity contribution >= 4 is 13.1 Å². The molecule has 2 aromatic carbocycles. The zero-order valence-corrected chi connectivity index (χ0v) is 27.9. The Hall–Kier alpha value is -2.35. The first-order chi connectivity index (χ1) is 19.7. The summed E-state index contributed by atoms with van der Waals surface area (Å²) in [5.74, 6) is -0.402.